The minimum Gasteiger partial charge on any atom is -0.505 e. The van der Waals surface area contributed by atoms with Crippen LogP contribution in [-0.2, 0) is 0 Å². The number of aromatic hydroxyl groups is 1. The van der Waals surface area contributed by atoms with Crippen LogP contribution in [0.15, 0.2) is 36.4 Å². The van der Waals surface area contributed by atoms with Gasteiger partial charge in [-0.05, 0) is 35.4 Å². The molecule has 0 amide bonds. The minimum absolute atomic E-state index is 0.0397. The van der Waals surface area contributed by atoms with Gasteiger partial charge in [-0.25, -0.2) is 0 Å². The maximum Gasteiger partial charge on any atom is 0.269 e. The van der Waals surface area contributed by atoms with Gasteiger partial charge in [0, 0.05) is 12.1 Å². The van der Waals surface area contributed by atoms with E-state index in [-0.39, 0.29) is 21.5 Å². The van der Waals surface area contributed by atoms with Crippen LogP contribution in [0.5, 0.6) is 5.75 Å². The van der Waals surface area contributed by atoms with Gasteiger partial charge in [0.2, 0.25) is 0 Å². The van der Waals surface area contributed by atoms with Gasteiger partial charge in [-0.1, -0.05) is 35.4 Å². The van der Waals surface area contributed by atoms with E-state index in [1.807, 2.05) is 0 Å². The third-order valence-electron chi connectivity index (χ3n) is 2.61. The fraction of sp³-hybridized carbons (Fsp3) is 0. The van der Waals surface area contributed by atoms with Gasteiger partial charge in [-0.15, -0.1) is 0 Å². The van der Waals surface area contributed by atoms with Crippen molar-refractivity contribution in [1.82, 2.24) is 0 Å². The number of hydrogen-bond donors (Lipinski definition) is 1. The molecule has 2 rings (SSSR count). The smallest absolute Gasteiger partial charge is 0.269 e. The summed E-state index contributed by atoms with van der Waals surface area (Å²) in [6, 6.07) is 9.28. The van der Waals surface area contributed by atoms with Gasteiger partial charge in [0.15, 0.2) is 5.75 Å². The molecule has 0 radical (unpaired) electrons. The highest BCUT2D eigenvalue weighted by Crippen LogP contribution is 2.33. The van der Waals surface area contributed by atoms with Gasteiger partial charge in [-0.3, -0.25) is 10.1 Å². The first-order valence-electron chi connectivity index (χ1n) is 5.58. The standard InChI is InChI=1S/C14H9Cl2NO3/c15-12-7-10(8-13(16)14(12)18)2-1-9-3-5-11(6-4-9)17(19)20/h1-8,18H/b2-1+. The van der Waals surface area contributed by atoms with Crippen molar-refractivity contribution >= 4 is 41.0 Å². The number of phenolic OH excluding ortho intramolecular Hbond substituents is 1. The maximum atomic E-state index is 10.5. The average Bonchev–Trinajstić information content (AvgIpc) is 2.42. The van der Waals surface area contributed by atoms with Gasteiger partial charge in [0.05, 0.1) is 15.0 Å². The molecule has 0 unspecified atom stereocenters. The summed E-state index contributed by atoms with van der Waals surface area (Å²) in [5, 5.41) is 20.3. The topological polar surface area (TPSA) is 63.4 Å². The van der Waals surface area contributed by atoms with E-state index in [2.05, 4.69) is 0 Å². The Labute approximate surface area is 125 Å². The number of phenols is 1. The Morgan fingerprint density at radius 2 is 1.50 bits per heavy atom. The number of non-ortho nitro benzene ring substituents is 1. The molecule has 102 valence electrons. The predicted molar refractivity (Wildman–Crippen MR) is 80.2 cm³/mol. The van der Waals surface area contributed by atoms with E-state index in [1.165, 1.54) is 12.1 Å². The number of halogens is 2. The summed E-state index contributed by atoms with van der Waals surface area (Å²) in [6.07, 6.45) is 3.52. The molecule has 0 saturated heterocycles. The van der Waals surface area contributed by atoms with Crippen molar-refractivity contribution < 1.29 is 10.0 Å². The highest BCUT2D eigenvalue weighted by Gasteiger charge is 2.05. The Kier molecular flexibility index (Phi) is 4.27. The molecule has 0 spiro atoms. The monoisotopic (exact) mass is 309 g/mol. The normalized spacial score (nSPS) is 10.9. The van der Waals surface area contributed by atoms with Crippen LogP contribution in [0.2, 0.25) is 10.0 Å². The average molecular weight is 310 g/mol. The van der Waals surface area contributed by atoms with Gasteiger partial charge < -0.3 is 5.11 Å². The molecule has 0 aliphatic carbocycles. The molecule has 1 N–H and O–H groups in total. The fourth-order valence-electron chi connectivity index (χ4n) is 1.58. The Balaban J connectivity index is 2.23. The number of nitro benzene ring substituents is 1. The third kappa shape index (κ3) is 3.29. The predicted octanol–water partition coefficient (Wildman–Crippen LogP) is 4.78. The molecule has 4 nitrogen and oxygen atoms in total. The number of benzene rings is 2. The van der Waals surface area contributed by atoms with Crippen LogP contribution in [0, 0.1) is 10.1 Å². The largest absolute Gasteiger partial charge is 0.505 e. The van der Waals surface area contributed by atoms with Crippen molar-refractivity contribution in [2.45, 2.75) is 0 Å². The molecule has 2 aromatic rings. The van der Waals surface area contributed by atoms with E-state index in [0.717, 1.165) is 11.1 Å². The second-order valence-corrected chi connectivity index (χ2v) is 4.83. The molecule has 6 heteroatoms. The van der Waals surface area contributed by atoms with Crippen molar-refractivity contribution in [3.8, 4) is 5.75 Å². The first-order valence-corrected chi connectivity index (χ1v) is 6.33. The van der Waals surface area contributed by atoms with Gasteiger partial charge in [0.25, 0.3) is 5.69 Å². The van der Waals surface area contributed by atoms with Crippen LogP contribution in [0.1, 0.15) is 11.1 Å². The van der Waals surface area contributed by atoms with Crippen LogP contribution in [0.4, 0.5) is 5.69 Å². The Morgan fingerprint density at radius 3 is 2.00 bits per heavy atom. The summed E-state index contributed by atoms with van der Waals surface area (Å²) in [4.78, 5) is 10.1. The Morgan fingerprint density at radius 1 is 1.00 bits per heavy atom. The summed E-state index contributed by atoms with van der Waals surface area (Å²) in [6.45, 7) is 0. The van der Waals surface area contributed by atoms with Crippen LogP contribution < -0.4 is 0 Å². The van der Waals surface area contributed by atoms with Crippen molar-refractivity contribution in [3.63, 3.8) is 0 Å². The Hall–Kier alpha value is -2.04. The van der Waals surface area contributed by atoms with E-state index < -0.39 is 4.92 Å². The molecular weight excluding hydrogens is 301 g/mol. The molecule has 0 bridgehead atoms. The number of rotatable bonds is 3. The Bertz CT molecular complexity index is 658. The van der Waals surface area contributed by atoms with Crippen molar-refractivity contribution in [2.75, 3.05) is 0 Å². The van der Waals surface area contributed by atoms with Crippen LogP contribution in [0.25, 0.3) is 12.2 Å². The van der Waals surface area contributed by atoms with Gasteiger partial charge in [-0.2, -0.15) is 0 Å². The molecule has 2 aromatic carbocycles. The van der Waals surface area contributed by atoms with Crippen LogP contribution in [-0.4, -0.2) is 10.0 Å². The van der Waals surface area contributed by atoms with Crippen molar-refractivity contribution in [2.24, 2.45) is 0 Å². The minimum atomic E-state index is -0.451. The van der Waals surface area contributed by atoms with Crippen molar-refractivity contribution in [3.05, 3.63) is 67.7 Å². The molecule has 0 aliphatic heterocycles. The summed E-state index contributed by atoms with van der Waals surface area (Å²) in [5.41, 5.74) is 1.56. The second-order valence-electron chi connectivity index (χ2n) is 4.02. The molecule has 0 fully saturated rings. The van der Waals surface area contributed by atoms with E-state index in [9.17, 15) is 15.2 Å². The van der Waals surface area contributed by atoms with E-state index in [4.69, 9.17) is 23.2 Å². The summed E-state index contributed by atoms with van der Waals surface area (Å²) < 4.78 is 0. The van der Waals surface area contributed by atoms with Gasteiger partial charge in [0.1, 0.15) is 0 Å². The van der Waals surface area contributed by atoms with Crippen LogP contribution in [0.3, 0.4) is 0 Å². The third-order valence-corrected chi connectivity index (χ3v) is 3.19. The lowest BCUT2D eigenvalue weighted by atomic mass is 10.1. The van der Waals surface area contributed by atoms with Crippen molar-refractivity contribution in [1.29, 1.82) is 0 Å². The lowest BCUT2D eigenvalue weighted by Gasteiger charge is -2.01. The zero-order valence-corrected chi connectivity index (χ0v) is 11.6. The lowest BCUT2D eigenvalue weighted by molar-refractivity contribution is -0.384. The fourth-order valence-corrected chi connectivity index (χ4v) is 2.08. The van der Waals surface area contributed by atoms with E-state index >= 15 is 0 Å². The van der Waals surface area contributed by atoms with Gasteiger partial charge >= 0.3 is 0 Å². The molecule has 0 aromatic heterocycles. The molecule has 0 aliphatic rings. The highest BCUT2D eigenvalue weighted by atomic mass is 35.5. The molecule has 0 atom stereocenters. The maximum absolute atomic E-state index is 10.5. The summed E-state index contributed by atoms with van der Waals surface area (Å²) in [7, 11) is 0. The SMILES string of the molecule is O=[N+]([O-])c1ccc(/C=C/c2cc(Cl)c(O)c(Cl)c2)cc1. The summed E-state index contributed by atoms with van der Waals surface area (Å²) in [5.74, 6) is -0.152. The number of nitrogens with zero attached hydrogens (tertiary/aromatic N) is 1. The second kappa shape index (κ2) is 5.94. The first kappa shape index (κ1) is 14.4. The number of nitro groups is 1. The van der Waals surface area contributed by atoms with Crippen LogP contribution >= 0.6 is 23.2 Å². The molecular formula is C14H9Cl2NO3. The molecule has 20 heavy (non-hydrogen) atoms. The lowest BCUT2D eigenvalue weighted by Crippen LogP contribution is -1.86. The highest BCUT2D eigenvalue weighted by molar-refractivity contribution is 6.37. The number of hydrogen-bond acceptors (Lipinski definition) is 3. The summed E-state index contributed by atoms with van der Waals surface area (Å²) >= 11 is 11.6. The van der Waals surface area contributed by atoms with E-state index in [1.54, 1.807) is 36.4 Å². The first-order chi connectivity index (χ1) is 9.47. The van der Waals surface area contributed by atoms with E-state index in [0.29, 0.717) is 0 Å². The zero-order chi connectivity index (χ0) is 14.7. The molecule has 0 heterocycles. The zero-order valence-electron chi connectivity index (χ0n) is 10.1. The molecule has 0 saturated carbocycles. The quantitative estimate of drug-likeness (QED) is 0.504.